The van der Waals surface area contributed by atoms with Crippen molar-refractivity contribution in [1.29, 1.82) is 0 Å². The summed E-state index contributed by atoms with van der Waals surface area (Å²) in [6, 6.07) is 0. The zero-order valence-corrected chi connectivity index (χ0v) is 5.35. The number of rotatable bonds is 0. The van der Waals surface area contributed by atoms with Gasteiger partial charge in [0.2, 0.25) is 0 Å². The van der Waals surface area contributed by atoms with E-state index in [1.807, 2.05) is 6.21 Å². The minimum absolute atomic E-state index is 1.06. The molecule has 1 N–H and O–H groups in total. The summed E-state index contributed by atoms with van der Waals surface area (Å²) in [5.41, 5.74) is 2.84. The molecule has 2 nitrogen and oxygen atoms in total. The molecule has 0 radical (unpaired) electrons. The van der Waals surface area contributed by atoms with Crippen LogP contribution in [0, 0.1) is 0 Å². The number of nitrogens with one attached hydrogen (secondary N) is 1. The number of aliphatic imine (C=N–C) groups is 1. The normalized spacial score (nSPS) is 24.9. The van der Waals surface area contributed by atoms with Crippen LogP contribution >= 0.6 is 0 Å². The van der Waals surface area contributed by atoms with Gasteiger partial charge >= 0.3 is 0 Å². The Hall–Kier alpha value is -0.630. The van der Waals surface area contributed by atoms with E-state index in [0.29, 0.717) is 0 Å². The predicted molar refractivity (Wildman–Crippen MR) is 37.6 cm³/mol. The standard InChI is InChI=1S/C7H10N2/c1-4-9-7-2-3-8-5-6(1)7/h4,8H,1-3,5H2. The van der Waals surface area contributed by atoms with Crippen molar-refractivity contribution in [2.24, 2.45) is 4.99 Å². The maximum Gasteiger partial charge on any atom is 0.0421 e. The Morgan fingerprint density at radius 2 is 2.56 bits per heavy atom. The maximum atomic E-state index is 4.27. The summed E-state index contributed by atoms with van der Waals surface area (Å²) in [6.45, 7) is 2.17. The number of hydrogen-bond donors (Lipinski definition) is 1. The Kier molecular flexibility index (Phi) is 1.12. The lowest BCUT2D eigenvalue weighted by Crippen LogP contribution is -2.23. The van der Waals surface area contributed by atoms with E-state index in [2.05, 4.69) is 10.3 Å². The fourth-order valence-electron chi connectivity index (χ4n) is 1.34. The quantitative estimate of drug-likeness (QED) is 0.502. The minimum Gasteiger partial charge on any atom is -0.313 e. The van der Waals surface area contributed by atoms with E-state index in [9.17, 15) is 0 Å². The van der Waals surface area contributed by atoms with Crippen molar-refractivity contribution >= 4 is 6.21 Å². The zero-order chi connectivity index (χ0) is 6.10. The van der Waals surface area contributed by atoms with Crippen LogP contribution in [0.1, 0.15) is 12.8 Å². The van der Waals surface area contributed by atoms with Gasteiger partial charge < -0.3 is 5.32 Å². The van der Waals surface area contributed by atoms with Gasteiger partial charge in [-0.3, -0.25) is 4.99 Å². The molecule has 2 heterocycles. The first-order valence-electron chi connectivity index (χ1n) is 3.41. The lowest BCUT2D eigenvalue weighted by molar-refractivity contribution is 0.675. The van der Waals surface area contributed by atoms with E-state index in [0.717, 1.165) is 25.9 Å². The first kappa shape index (κ1) is 5.18. The topological polar surface area (TPSA) is 24.4 Å². The summed E-state index contributed by atoms with van der Waals surface area (Å²) >= 11 is 0. The van der Waals surface area contributed by atoms with Gasteiger partial charge in [0.1, 0.15) is 0 Å². The van der Waals surface area contributed by atoms with Crippen LogP contribution in [0.4, 0.5) is 0 Å². The fraction of sp³-hybridized carbons (Fsp3) is 0.571. The van der Waals surface area contributed by atoms with Crippen molar-refractivity contribution in [3.8, 4) is 0 Å². The van der Waals surface area contributed by atoms with Crippen LogP contribution in [-0.2, 0) is 0 Å². The van der Waals surface area contributed by atoms with Crippen LogP contribution in [0.25, 0.3) is 0 Å². The second-order valence-corrected chi connectivity index (χ2v) is 2.49. The summed E-state index contributed by atoms with van der Waals surface area (Å²) in [5.74, 6) is 0. The summed E-state index contributed by atoms with van der Waals surface area (Å²) in [5, 5.41) is 3.32. The summed E-state index contributed by atoms with van der Waals surface area (Å²) in [6.07, 6.45) is 4.23. The summed E-state index contributed by atoms with van der Waals surface area (Å²) in [7, 11) is 0. The molecule has 0 saturated carbocycles. The van der Waals surface area contributed by atoms with E-state index in [1.165, 1.54) is 11.3 Å². The first-order chi connectivity index (χ1) is 4.47. The van der Waals surface area contributed by atoms with Gasteiger partial charge in [-0.2, -0.15) is 0 Å². The Bertz CT molecular complexity index is 179. The highest BCUT2D eigenvalue weighted by atomic mass is 14.9. The van der Waals surface area contributed by atoms with Gasteiger partial charge in [-0.1, -0.05) is 0 Å². The van der Waals surface area contributed by atoms with Crippen molar-refractivity contribution in [3.05, 3.63) is 11.3 Å². The molecule has 48 valence electrons. The van der Waals surface area contributed by atoms with Crippen molar-refractivity contribution < 1.29 is 0 Å². The van der Waals surface area contributed by atoms with Gasteiger partial charge in [-0.25, -0.2) is 0 Å². The van der Waals surface area contributed by atoms with Crippen LogP contribution in [0.2, 0.25) is 0 Å². The predicted octanol–water partition coefficient (Wildman–Crippen LogP) is 0.708. The summed E-state index contributed by atoms with van der Waals surface area (Å²) in [4.78, 5) is 4.27. The van der Waals surface area contributed by atoms with Crippen LogP contribution in [-0.4, -0.2) is 19.3 Å². The SMILES string of the molecule is C1=NC2=C(C1)CNCC2. The monoisotopic (exact) mass is 122 g/mol. The minimum atomic E-state index is 1.06. The largest absolute Gasteiger partial charge is 0.313 e. The molecule has 0 unspecified atom stereocenters. The lowest BCUT2D eigenvalue weighted by Gasteiger charge is -2.12. The molecule has 2 aliphatic rings. The molecule has 0 aromatic carbocycles. The molecule has 9 heavy (non-hydrogen) atoms. The Labute approximate surface area is 54.7 Å². The van der Waals surface area contributed by atoms with Crippen molar-refractivity contribution in [3.63, 3.8) is 0 Å². The van der Waals surface area contributed by atoms with Crippen molar-refractivity contribution in [2.45, 2.75) is 12.8 Å². The zero-order valence-electron chi connectivity index (χ0n) is 5.35. The molecule has 2 heteroatoms. The van der Waals surface area contributed by atoms with E-state index in [1.54, 1.807) is 0 Å². The summed E-state index contributed by atoms with van der Waals surface area (Å²) < 4.78 is 0. The molecule has 2 rings (SSSR count). The number of hydrogen-bond acceptors (Lipinski definition) is 2. The molecule has 0 saturated heterocycles. The Balaban J connectivity index is 2.24. The maximum absolute atomic E-state index is 4.27. The highest BCUT2D eigenvalue weighted by Crippen LogP contribution is 2.20. The third kappa shape index (κ3) is 0.793. The van der Waals surface area contributed by atoms with E-state index >= 15 is 0 Å². The molecule has 0 aliphatic carbocycles. The van der Waals surface area contributed by atoms with Crippen LogP contribution < -0.4 is 5.32 Å². The van der Waals surface area contributed by atoms with Gasteiger partial charge in [-0.15, -0.1) is 0 Å². The van der Waals surface area contributed by atoms with Crippen LogP contribution in [0.5, 0.6) is 0 Å². The fourth-order valence-corrected chi connectivity index (χ4v) is 1.34. The highest BCUT2D eigenvalue weighted by molar-refractivity contribution is 5.67. The van der Waals surface area contributed by atoms with Gasteiger partial charge in [0.15, 0.2) is 0 Å². The molecule has 0 spiro atoms. The van der Waals surface area contributed by atoms with Gasteiger partial charge in [0.05, 0.1) is 0 Å². The van der Waals surface area contributed by atoms with Crippen LogP contribution in [0.3, 0.4) is 0 Å². The van der Waals surface area contributed by atoms with Crippen LogP contribution in [0.15, 0.2) is 16.3 Å². The smallest absolute Gasteiger partial charge is 0.0421 e. The van der Waals surface area contributed by atoms with Gasteiger partial charge in [0.25, 0.3) is 0 Å². The molecular weight excluding hydrogens is 112 g/mol. The lowest BCUT2D eigenvalue weighted by atomic mass is 10.1. The number of nitrogens with zero attached hydrogens (tertiary/aromatic N) is 1. The second kappa shape index (κ2) is 1.95. The van der Waals surface area contributed by atoms with E-state index in [-0.39, 0.29) is 0 Å². The molecule has 0 aromatic rings. The molecule has 2 aliphatic heterocycles. The molecule has 0 amide bonds. The Morgan fingerprint density at radius 1 is 1.56 bits per heavy atom. The first-order valence-corrected chi connectivity index (χ1v) is 3.41. The van der Waals surface area contributed by atoms with E-state index in [4.69, 9.17) is 0 Å². The average Bonchev–Trinajstić information content (AvgIpc) is 2.33. The molecule has 0 atom stereocenters. The Morgan fingerprint density at radius 3 is 3.44 bits per heavy atom. The van der Waals surface area contributed by atoms with E-state index < -0.39 is 0 Å². The second-order valence-electron chi connectivity index (χ2n) is 2.49. The molecular formula is C7H10N2. The highest BCUT2D eigenvalue weighted by Gasteiger charge is 2.13. The van der Waals surface area contributed by atoms with Gasteiger partial charge in [-0.05, 0) is 5.57 Å². The third-order valence-corrected chi connectivity index (χ3v) is 1.87. The third-order valence-electron chi connectivity index (χ3n) is 1.87. The molecule has 0 fully saturated rings. The molecule has 0 aromatic heterocycles. The van der Waals surface area contributed by atoms with Crippen molar-refractivity contribution in [1.82, 2.24) is 5.32 Å². The van der Waals surface area contributed by atoms with Gasteiger partial charge in [0, 0.05) is 37.8 Å². The van der Waals surface area contributed by atoms with Crippen molar-refractivity contribution in [2.75, 3.05) is 13.1 Å². The average molecular weight is 122 g/mol. The molecule has 0 bridgehead atoms.